The average Bonchev–Trinajstić information content (AvgIpc) is 2.45. The molecule has 0 amide bonds. The van der Waals surface area contributed by atoms with Crippen molar-refractivity contribution in [1.82, 2.24) is 4.90 Å². The third-order valence-electron chi connectivity index (χ3n) is 3.08. The molecule has 0 aromatic carbocycles. The van der Waals surface area contributed by atoms with Gasteiger partial charge in [-0.3, -0.25) is 0 Å². The molecule has 1 N–H and O–H groups in total. The van der Waals surface area contributed by atoms with Crippen molar-refractivity contribution < 1.29 is 32.5 Å². The van der Waals surface area contributed by atoms with Crippen molar-refractivity contribution in [3.63, 3.8) is 0 Å². The Hall–Kier alpha value is -1.79. The lowest BCUT2D eigenvalue weighted by Crippen LogP contribution is -2.54. The number of morpholine rings is 1. The summed E-state index contributed by atoms with van der Waals surface area (Å²) in [7, 11) is 0.751. The van der Waals surface area contributed by atoms with E-state index in [1.54, 1.807) is 6.07 Å². The highest BCUT2D eigenvalue weighted by Crippen LogP contribution is 2.37. The smallest absolute Gasteiger partial charge is 0.428 e. The number of halogens is 3. The van der Waals surface area contributed by atoms with E-state index in [2.05, 4.69) is 4.74 Å². The number of carbonyl (C=O) groups is 1. The molecular formula is C12H15F3N2O4. The highest BCUT2D eigenvalue weighted by Gasteiger charge is 2.61. The summed E-state index contributed by atoms with van der Waals surface area (Å²) in [6.07, 6.45) is -5.43. The molecule has 0 aliphatic carbocycles. The first kappa shape index (κ1) is 17.3. The molecule has 9 heteroatoms. The minimum absolute atomic E-state index is 0.0916. The third-order valence-corrected chi connectivity index (χ3v) is 3.08. The number of ether oxygens (including phenoxy) is 2. The van der Waals surface area contributed by atoms with E-state index < -0.39 is 24.2 Å². The second-order valence-corrected chi connectivity index (χ2v) is 4.39. The van der Waals surface area contributed by atoms with E-state index in [0.29, 0.717) is 0 Å². The van der Waals surface area contributed by atoms with Gasteiger partial charge in [0.1, 0.15) is 0 Å². The van der Waals surface area contributed by atoms with Crippen LogP contribution in [0.3, 0.4) is 0 Å². The fourth-order valence-corrected chi connectivity index (χ4v) is 1.90. The molecule has 1 saturated heterocycles. The second-order valence-electron chi connectivity index (χ2n) is 4.39. The Kier molecular flexibility index (Phi) is 5.57. The minimum Gasteiger partial charge on any atom is -0.467 e. The van der Waals surface area contributed by atoms with Gasteiger partial charge in [-0.25, -0.2) is 4.79 Å². The Labute approximate surface area is 119 Å². The highest BCUT2D eigenvalue weighted by atomic mass is 19.4. The van der Waals surface area contributed by atoms with Crippen molar-refractivity contribution in [1.29, 1.82) is 5.26 Å². The SMILES string of the molecule is COC(=O)C(O)(CC(=CC#N)N1CCOCC1)C(F)(F)F. The Bertz CT molecular complexity index is 452. The number of hydrogen-bond donors (Lipinski definition) is 1. The van der Waals surface area contributed by atoms with Crippen LogP contribution in [0.4, 0.5) is 13.2 Å². The van der Waals surface area contributed by atoms with Crippen LogP contribution >= 0.6 is 0 Å². The fourth-order valence-electron chi connectivity index (χ4n) is 1.90. The summed E-state index contributed by atoms with van der Waals surface area (Å²) in [6.45, 7) is 1.10. The van der Waals surface area contributed by atoms with Crippen LogP contribution in [-0.4, -0.2) is 61.2 Å². The van der Waals surface area contributed by atoms with Crippen LogP contribution in [0.25, 0.3) is 0 Å². The maximum absolute atomic E-state index is 13.0. The van der Waals surface area contributed by atoms with Crippen LogP contribution in [0.15, 0.2) is 11.8 Å². The molecule has 1 rings (SSSR count). The number of alkyl halides is 3. The van der Waals surface area contributed by atoms with E-state index in [0.717, 1.165) is 13.2 Å². The quantitative estimate of drug-likeness (QED) is 0.604. The normalized spacial score (nSPS) is 19.6. The molecule has 0 aromatic rings. The molecule has 0 radical (unpaired) electrons. The summed E-state index contributed by atoms with van der Waals surface area (Å²) < 4.78 is 48.1. The molecule has 21 heavy (non-hydrogen) atoms. The molecule has 118 valence electrons. The molecule has 1 aliphatic heterocycles. The molecule has 1 unspecified atom stereocenters. The largest absolute Gasteiger partial charge is 0.467 e. The molecule has 6 nitrogen and oxygen atoms in total. The van der Waals surface area contributed by atoms with E-state index >= 15 is 0 Å². The first-order valence-corrected chi connectivity index (χ1v) is 6.05. The van der Waals surface area contributed by atoms with Gasteiger partial charge in [0.05, 0.1) is 26.4 Å². The number of nitrogens with zero attached hydrogens (tertiary/aromatic N) is 2. The summed E-state index contributed by atoms with van der Waals surface area (Å²) in [6, 6.07) is 1.62. The summed E-state index contributed by atoms with van der Waals surface area (Å²) in [5.74, 6) is -1.81. The fraction of sp³-hybridized carbons (Fsp3) is 0.667. The lowest BCUT2D eigenvalue weighted by Gasteiger charge is -2.35. The standard InChI is InChI=1S/C12H15F3N2O4/c1-20-10(18)11(19,12(13,14)15)8-9(2-3-16)17-4-6-21-7-5-17/h2,19H,4-8H2,1H3. The third kappa shape index (κ3) is 3.86. The number of hydrogen-bond acceptors (Lipinski definition) is 6. The van der Waals surface area contributed by atoms with Crippen molar-refractivity contribution >= 4 is 5.97 Å². The Balaban J connectivity index is 3.06. The van der Waals surface area contributed by atoms with Crippen LogP contribution < -0.4 is 0 Å². The van der Waals surface area contributed by atoms with E-state index in [1.807, 2.05) is 0 Å². The number of carbonyl (C=O) groups excluding carboxylic acids is 1. The van der Waals surface area contributed by atoms with Crippen LogP contribution in [0.5, 0.6) is 0 Å². The predicted molar refractivity (Wildman–Crippen MR) is 63.7 cm³/mol. The van der Waals surface area contributed by atoms with Gasteiger partial charge in [0.2, 0.25) is 0 Å². The molecule has 1 aliphatic rings. The van der Waals surface area contributed by atoms with Gasteiger partial charge in [0, 0.05) is 31.3 Å². The number of aliphatic hydroxyl groups is 1. The maximum atomic E-state index is 13.0. The van der Waals surface area contributed by atoms with Crippen LogP contribution in [0.2, 0.25) is 0 Å². The molecule has 0 bridgehead atoms. The van der Waals surface area contributed by atoms with Crippen molar-refractivity contribution in [2.75, 3.05) is 33.4 Å². The highest BCUT2D eigenvalue weighted by molar-refractivity contribution is 5.80. The number of allylic oxidation sites excluding steroid dienone is 1. The Morgan fingerprint density at radius 2 is 2.05 bits per heavy atom. The molecule has 0 saturated carbocycles. The summed E-state index contributed by atoms with van der Waals surface area (Å²) in [5, 5.41) is 18.4. The van der Waals surface area contributed by atoms with E-state index in [9.17, 15) is 23.1 Å². The lowest BCUT2D eigenvalue weighted by atomic mass is 9.96. The summed E-state index contributed by atoms with van der Waals surface area (Å²) in [4.78, 5) is 12.8. The van der Waals surface area contributed by atoms with Gasteiger partial charge in [-0.15, -0.1) is 0 Å². The first-order chi connectivity index (χ1) is 9.76. The van der Waals surface area contributed by atoms with Crippen LogP contribution in [-0.2, 0) is 14.3 Å². The monoisotopic (exact) mass is 308 g/mol. The number of methoxy groups -OCH3 is 1. The van der Waals surface area contributed by atoms with Gasteiger partial charge in [0.25, 0.3) is 5.60 Å². The van der Waals surface area contributed by atoms with Gasteiger partial charge in [0.15, 0.2) is 0 Å². The number of rotatable bonds is 4. The zero-order valence-electron chi connectivity index (χ0n) is 11.3. The molecule has 1 atom stereocenters. The second kappa shape index (κ2) is 6.78. The van der Waals surface area contributed by atoms with Gasteiger partial charge < -0.3 is 19.5 Å². The topological polar surface area (TPSA) is 82.8 Å². The predicted octanol–water partition coefficient (Wildman–Crippen LogP) is 0.583. The first-order valence-electron chi connectivity index (χ1n) is 6.05. The molecule has 0 spiro atoms. The number of esters is 1. The Morgan fingerprint density at radius 3 is 2.48 bits per heavy atom. The Morgan fingerprint density at radius 1 is 1.48 bits per heavy atom. The molecule has 1 fully saturated rings. The van der Waals surface area contributed by atoms with Crippen molar-refractivity contribution in [2.45, 2.75) is 18.2 Å². The van der Waals surface area contributed by atoms with Crippen molar-refractivity contribution in [3.05, 3.63) is 11.8 Å². The van der Waals surface area contributed by atoms with E-state index in [-0.39, 0.29) is 32.0 Å². The van der Waals surface area contributed by atoms with E-state index in [1.165, 1.54) is 4.90 Å². The van der Waals surface area contributed by atoms with Gasteiger partial charge >= 0.3 is 12.1 Å². The lowest BCUT2D eigenvalue weighted by molar-refractivity contribution is -0.262. The number of nitriles is 1. The molecule has 1 heterocycles. The summed E-state index contributed by atoms with van der Waals surface area (Å²) in [5.41, 5.74) is -3.78. The van der Waals surface area contributed by atoms with E-state index in [4.69, 9.17) is 10.00 Å². The molecule has 0 aromatic heterocycles. The zero-order chi connectivity index (χ0) is 16.1. The van der Waals surface area contributed by atoms with Crippen LogP contribution in [0.1, 0.15) is 6.42 Å². The molecular weight excluding hydrogens is 293 g/mol. The maximum Gasteiger partial charge on any atom is 0.428 e. The minimum atomic E-state index is -5.22. The van der Waals surface area contributed by atoms with Crippen LogP contribution in [0, 0.1) is 11.3 Å². The van der Waals surface area contributed by atoms with Crippen molar-refractivity contribution in [2.24, 2.45) is 0 Å². The van der Waals surface area contributed by atoms with Gasteiger partial charge in [-0.05, 0) is 0 Å². The summed E-state index contributed by atoms with van der Waals surface area (Å²) >= 11 is 0. The van der Waals surface area contributed by atoms with Gasteiger partial charge in [-0.1, -0.05) is 0 Å². The average molecular weight is 308 g/mol. The van der Waals surface area contributed by atoms with Crippen molar-refractivity contribution in [3.8, 4) is 6.07 Å². The zero-order valence-corrected chi connectivity index (χ0v) is 11.3. The van der Waals surface area contributed by atoms with Gasteiger partial charge in [-0.2, -0.15) is 18.4 Å².